The fourth-order valence-corrected chi connectivity index (χ4v) is 4.17. The van der Waals surface area contributed by atoms with Gasteiger partial charge in [-0.05, 0) is 35.7 Å². The van der Waals surface area contributed by atoms with Crippen molar-refractivity contribution < 1.29 is 23.6 Å². The molecule has 0 spiro atoms. The lowest BCUT2D eigenvalue weighted by Gasteiger charge is -2.29. The summed E-state index contributed by atoms with van der Waals surface area (Å²) in [7, 11) is 0. The number of nitrogens with zero attached hydrogens (tertiary/aromatic N) is 2. The van der Waals surface area contributed by atoms with E-state index in [1.54, 1.807) is 24.3 Å². The van der Waals surface area contributed by atoms with Crippen molar-refractivity contribution in [1.82, 2.24) is 25.7 Å². The van der Waals surface area contributed by atoms with Crippen molar-refractivity contribution in [3.63, 3.8) is 0 Å². The van der Waals surface area contributed by atoms with Gasteiger partial charge in [0.2, 0.25) is 11.8 Å². The number of benzene rings is 2. The number of H-pyrrole nitrogens is 1. The largest absolute Gasteiger partial charge is 0.341 e. The molecule has 0 aliphatic carbocycles. The van der Waals surface area contributed by atoms with Gasteiger partial charge >= 0.3 is 0 Å². The number of aromatic amines is 1. The van der Waals surface area contributed by atoms with Crippen molar-refractivity contribution in [2.24, 2.45) is 0 Å². The zero-order chi connectivity index (χ0) is 23.8. The number of carbonyl (C=O) groups is 4. The third-order valence-electron chi connectivity index (χ3n) is 5.91. The maximum absolute atomic E-state index is 14.4. The molecule has 9 nitrogen and oxygen atoms in total. The van der Waals surface area contributed by atoms with Crippen LogP contribution in [-0.2, 0) is 27.5 Å². The Morgan fingerprint density at radius 3 is 2.91 bits per heavy atom. The Morgan fingerprint density at radius 1 is 1.24 bits per heavy atom. The first-order valence-corrected chi connectivity index (χ1v) is 10.6. The fraction of sp³-hybridized carbons (Fsp3) is 0.208. The van der Waals surface area contributed by atoms with Crippen LogP contribution in [-0.4, -0.2) is 44.8 Å². The second-order valence-corrected chi connectivity index (χ2v) is 8.08. The van der Waals surface area contributed by atoms with Crippen LogP contribution < -0.4 is 10.6 Å². The highest BCUT2D eigenvalue weighted by Crippen LogP contribution is 2.28. The molecule has 2 aromatic carbocycles. The lowest BCUT2D eigenvalue weighted by molar-refractivity contribution is -0.137. The molecule has 1 saturated heterocycles. The van der Waals surface area contributed by atoms with E-state index in [2.05, 4.69) is 32.7 Å². The lowest BCUT2D eigenvalue weighted by atomic mass is 10.0. The van der Waals surface area contributed by atoms with Gasteiger partial charge in [-0.1, -0.05) is 18.1 Å². The molecule has 3 N–H and O–H groups in total. The molecule has 2 aliphatic heterocycles. The highest BCUT2D eigenvalue weighted by molar-refractivity contribution is 6.05. The highest BCUT2D eigenvalue weighted by Gasteiger charge is 2.39. The van der Waals surface area contributed by atoms with Crippen LogP contribution in [0.15, 0.2) is 36.5 Å². The van der Waals surface area contributed by atoms with Gasteiger partial charge in [0, 0.05) is 31.0 Å². The Hall–Kier alpha value is -4.52. The van der Waals surface area contributed by atoms with E-state index in [1.807, 2.05) is 0 Å². The lowest BCUT2D eigenvalue weighted by Crippen LogP contribution is -2.52. The molecule has 3 aromatic rings. The predicted molar refractivity (Wildman–Crippen MR) is 117 cm³/mol. The molecule has 1 atom stereocenters. The van der Waals surface area contributed by atoms with Crippen molar-refractivity contribution in [2.75, 3.05) is 0 Å². The summed E-state index contributed by atoms with van der Waals surface area (Å²) in [5.74, 6) is 2.73. The second-order valence-electron chi connectivity index (χ2n) is 8.08. The van der Waals surface area contributed by atoms with Gasteiger partial charge < -0.3 is 10.2 Å². The third-order valence-corrected chi connectivity index (χ3v) is 5.91. The van der Waals surface area contributed by atoms with Crippen LogP contribution in [0.2, 0.25) is 0 Å². The first kappa shape index (κ1) is 21.3. The first-order chi connectivity index (χ1) is 16.4. The number of imide groups is 1. The normalized spacial score (nSPS) is 17.3. The summed E-state index contributed by atoms with van der Waals surface area (Å²) < 4.78 is 14.4. The highest BCUT2D eigenvalue weighted by atomic mass is 19.1. The summed E-state index contributed by atoms with van der Waals surface area (Å²) in [4.78, 5) is 49.9. The van der Waals surface area contributed by atoms with Crippen LogP contribution in [0.5, 0.6) is 0 Å². The van der Waals surface area contributed by atoms with Gasteiger partial charge in [-0.3, -0.25) is 29.6 Å². The standard InChI is InChI=1S/C24H18FN5O4/c25-22-14(2-5-18-17(22)11-27-29-18)3-7-20(31)26-10-13-1-4-16-15(9-13)12-30(24(16)34)19-6-8-21(32)28-23(19)33/h1-2,4-5,9,11,19H,6,8,10,12H2,(H,26,31)(H,27,29)(H,28,32,33). The molecule has 170 valence electrons. The van der Waals surface area contributed by atoms with E-state index in [0.717, 1.165) is 11.1 Å². The van der Waals surface area contributed by atoms with E-state index < -0.39 is 23.7 Å². The average molecular weight is 459 g/mol. The molecule has 0 radical (unpaired) electrons. The molecule has 34 heavy (non-hydrogen) atoms. The first-order valence-electron chi connectivity index (χ1n) is 10.6. The van der Waals surface area contributed by atoms with Crippen LogP contribution in [0.3, 0.4) is 0 Å². The molecule has 3 heterocycles. The summed E-state index contributed by atoms with van der Waals surface area (Å²) in [6, 6.07) is 7.59. The molecule has 1 fully saturated rings. The number of rotatable bonds is 3. The zero-order valence-corrected chi connectivity index (χ0v) is 17.8. The monoisotopic (exact) mass is 459 g/mol. The number of amides is 4. The van der Waals surface area contributed by atoms with Crippen molar-refractivity contribution in [2.45, 2.75) is 32.0 Å². The Morgan fingerprint density at radius 2 is 2.09 bits per heavy atom. The van der Waals surface area contributed by atoms with E-state index in [9.17, 15) is 23.6 Å². The summed E-state index contributed by atoms with van der Waals surface area (Å²) in [6.45, 7) is 0.411. The Kier molecular flexibility index (Phi) is 5.30. The minimum absolute atomic E-state index is 0.0913. The van der Waals surface area contributed by atoms with E-state index in [0.29, 0.717) is 22.9 Å². The van der Waals surface area contributed by atoms with Gasteiger partial charge in [0.1, 0.15) is 11.9 Å². The summed E-state index contributed by atoms with van der Waals surface area (Å²) in [6.07, 6.45) is 1.84. The molecule has 0 bridgehead atoms. The van der Waals surface area contributed by atoms with Gasteiger partial charge in [0.15, 0.2) is 0 Å². The summed E-state index contributed by atoms with van der Waals surface area (Å²) in [5, 5.41) is 11.7. The smallest absolute Gasteiger partial charge is 0.296 e. The van der Waals surface area contributed by atoms with E-state index in [1.165, 1.54) is 17.2 Å². The van der Waals surface area contributed by atoms with Crippen LogP contribution in [0.1, 0.15) is 39.9 Å². The van der Waals surface area contributed by atoms with Gasteiger partial charge in [0.05, 0.1) is 22.7 Å². The Labute approximate surface area is 192 Å². The maximum atomic E-state index is 14.4. The minimum atomic E-state index is -0.683. The molecule has 5 rings (SSSR count). The number of hydrogen-bond donors (Lipinski definition) is 3. The van der Waals surface area contributed by atoms with Crippen LogP contribution in [0.4, 0.5) is 4.39 Å². The number of piperidine rings is 1. The zero-order valence-electron chi connectivity index (χ0n) is 17.8. The number of halogens is 1. The molecule has 1 unspecified atom stereocenters. The van der Waals surface area contributed by atoms with Gasteiger partial charge in [-0.25, -0.2) is 4.39 Å². The number of fused-ring (bicyclic) bond motifs is 2. The van der Waals surface area contributed by atoms with E-state index in [-0.39, 0.29) is 36.9 Å². The number of nitrogens with one attached hydrogen (secondary N) is 3. The molecule has 4 amide bonds. The number of carbonyl (C=O) groups excluding carboxylic acids is 4. The van der Waals surface area contributed by atoms with Crippen molar-refractivity contribution in [3.8, 4) is 11.8 Å². The van der Waals surface area contributed by atoms with Crippen LogP contribution in [0, 0.1) is 17.7 Å². The van der Waals surface area contributed by atoms with Gasteiger partial charge in [-0.2, -0.15) is 5.10 Å². The quantitative estimate of drug-likeness (QED) is 0.400. The molecule has 1 aromatic heterocycles. The van der Waals surface area contributed by atoms with E-state index in [4.69, 9.17) is 0 Å². The summed E-state index contributed by atoms with van der Waals surface area (Å²) in [5.41, 5.74) is 2.61. The number of hydrogen-bond acceptors (Lipinski definition) is 5. The van der Waals surface area contributed by atoms with Gasteiger partial charge in [-0.15, -0.1) is 0 Å². The average Bonchev–Trinajstić information content (AvgIpc) is 3.42. The Bertz CT molecular complexity index is 1430. The summed E-state index contributed by atoms with van der Waals surface area (Å²) >= 11 is 0. The topological polar surface area (TPSA) is 124 Å². The van der Waals surface area contributed by atoms with Crippen molar-refractivity contribution in [1.29, 1.82) is 0 Å². The Balaban J connectivity index is 1.23. The molecule has 2 aliphatic rings. The van der Waals surface area contributed by atoms with E-state index >= 15 is 0 Å². The third kappa shape index (κ3) is 3.88. The van der Waals surface area contributed by atoms with Crippen LogP contribution in [0.25, 0.3) is 10.9 Å². The van der Waals surface area contributed by atoms with Crippen LogP contribution >= 0.6 is 0 Å². The second kappa shape index (κ2) is 8.44. The number of aromatic nitrogens is 2. The van der Waals surface area contributed by atoms with Crippen molar-refractivity contribution in [3.05, 3.63) is 64.6 Å². The molecular weight excluding hydrogens is 441 g/mol. The minimum Gasteiger partial charge on any atom is -0.341 e. The van der Waals surface area contributed by atoms with Crippen molar-refractivity contribution >= 4 is 34.5 Å². The fourth-order valence-electron chi connectivity index (χ4n) is 4.17. The molecule has 0 saturated carbocycles. The predicted octanol–water partition coefficient (Wildman–Crippen LogP) is 1.13. The maximum Gasteiger partial charge on any atom is 0.296 e. The molecular formula is C24H18FN5O4. The SMILES string of the molecule is O=C(C#Cc1ccc2[nH]ncc2c1F)NCc1ccc2c(c1)CN(C1CCC(=O)NC1=O)C2=O. The molecule has 10 heteroatoms. The van der Waals surface area contributed by atoms with Gasteiger partial charge in [0.25, 0.3) is 11.8 Å².